The first-order chi connectivity index (χ1) is 31.2. The van der Waals surface area contributed by atoms with Crippen LogP contribution in [0.5, 0.6) is 0 Å². The number of likely N-dealkylation sites (tertiary alicyclic amines) is 2. The average molecular weight is 943 g/mol. The van der Waals surface area contributed by atoms with Crippen LogP contribution in [0.25, 0.3) is 22.1 Å². The van der Waals surface area contributed by atoms with Crippen LogP contribution in [0, 0.1) is 10.8 Å². The number of carboxylic acid groups (broad SMARTS) is 1. The number of hydrogen-bond donors (Lipinski definition) is 1. The molecule has 2 aliphatic heterocycles. The highest BCUT2D eigenvalue weighted by Gasteiger charge is 2.42. The zero-order chi connectivity index (χ0) is 44.8. The predicted molar refractivity (Wildman–Crippen MR) is 261 cm³/mol. The second kappa shape index (κ2) is 23.2. The molecular weight excluding hydrogens is 885 g/mol. The molecule has 340 valence electrons. The van der Waals surface area contributed by atoms with E-state index in [1.807, 2.05) is 79.0 Å². The number of aliphatic carboxylic acids is 1. The summed E-state index contributed by atoms with van der Waals surface area (Å²) in [6.45, 7) is 8.80. The third kappa shape index (κ3) is 12.3. The third-order valence-corrected chi connectivity index (χ3v) is 16.9. The van der Waals surface area contributed by atoms with Gasteiger partial charge in [0.15, 0.2) is 0 Å². The summed E-state index contributed by atoms with van der Waals surface area (Å²) in [6.07, 6.45) is 8.41. The second-order valence-corrected chi connectivity index (χ2v) is 21.2. The average Bonchev–Trinajstić information content (AvgIpc) is 4.05. The van der Waals surface area contributed by atoms with Gasteiger partial charge in [0, 0.05) is 37.7 Å². The molecule has 2 aliphatic rings. The maximum absolute atomic E-state index is 13.0. The highest BCUT2D eigenvalue weighted by atomic mass is 32.2. The third-order valence-electron chi connectivity index (χ3n) is 12.7. The lowest BCUT2D eigenvalue weighted by molar-refractivity contribution is -0.159. The molecule has 6 heterocycles. The highest BCUT2D eigenvalue weighted by Crippen LogP contribution is 2.39. The Hall–Kier alpha value is -4.32. The van der Waals surface area contributed by atoms with Gasteiger partial charge in [0.1, 0.15) is 0 Å². The Balaban J connectivity index is 0.000000192. The maximum atomic E-state index is 13.0. The summed E-state index contributed by atoms with van der Waals surface area (Å²) in [5.41, 5.74) is 1.85. The normalized spacial score (nSPS) is 16.3. The van der Waals surface area contributed by atoms with Gasteiger partial charge in [-0.2, -0.15) is 0 Å². The molecule has 1 N–H and O–H groups in total. The predicted octanol–water partition coefficient (Wildman–Crippen LogP) is 8.87. The fraction of sp³-hybridized carbons (Fsp3) is 0.458. The number of aryl methyl sites for hydroxylation is 2. The van der Waals surface area contributed by atoms with Crippen LogP contribution in [0.1, 0.15) is 58.3 Å². The molecular formula is C48H58N6O6S4. The lowest BCUT2D eigenvalue weighted by Gasteiger charge is -2.40. The topological polar surface area (TPSA) is 140 Å². The monoisotopic (exact) mass is 942 g/mol. The molecule has 0 saturated carbocycles. The van der Waals surface area contributed by atoms with Crippen molar-refractivity contribution in [2.45, 2.75) is 79.8 Å². The Morgan fingerprint density at radius 3 is 1.55 bits per heavy atom. The SMILES string of the molecule is CCOC(=O)C1(CCCn2c(=O)cnc3ccccc32)CCN(CCSc2cccs2)CC1.O=C(O)C1(CCCn2c(=O)cnc3ccccc32)CCN(CCSc2cccs2)CC1. The van der Waals surface area contributed by atoms with Crippen molar-refractivity contribution in [3.63, 3.8) is 0 Å². The Labute approximate surface area is 391 Å². The van der Waals surface area contributed by atoms with Crippen molar-refractivity contribution in [2.24, 2.45) is 10.8 Å². The minimum atomic E-state index is -0.702. The molecule has 0 radical (unpaired) electrons. The van der Waals surface area contributed by atoms with Gasteiger partial charge in [-0.1, -0.05) is 36.4 Å². The first-order valence-corrected chi connectivity index (χ1v) is 26.0. The molecule has 0 unspecified atom stereocenters. The zero-order valence-electron chi connectivity index (χ0n) is 36.5. The van der Waals surface area contributed by atoms with Gasteiger partial charge in [0.25, 0.3) is 11.1 Å². The molecule has 2 aromatic carbocycles. The number of aromatic nitrogens is 4. The largest absolute Gasteiger partial charge is 0.481 e. The molecule has 0 bridgehead atoms. The fourth-order valence-electron chi connectivity index (χ4n) is 8.90. The fourth-order valence-corrected chi connectivity index (χ4v) is 12.6. The van der Waals surface area contributed by atoms with E-state index in [0.717, 1.165) is 98.5 Å². The lowest BCUT2D eigenvalue weighted by atomic mass is 9.74. The number of para-hydroxylation sites is 4. The van der Waals surface area contributed by atoms with E-state index in [9.17, 15) is 24.3 Å². The van der Waals surface area contributed by atoms with Crippen LogP contribution >= 0.6 is 46.2 Å². The number of thioether (sulfide) groups is 2. The van der Waals surface area contributed by atoms with Crippen molar-refractivity contribution in [1.29, 1.82) is 0 Å². The van der Waals surface area contributed by atoms with E-state index in [0.29, 0.717) is 45.4 Å². The number of carboxylic acids is 1. The van der Waals surface area contributed by atoms with Crippen molar-refractivity contribution >= 4 is 80.2 Å². The van der Waals surface area contributed by atoms with E-state index < -0.39 is 16.8 Å². The Morgan fingerprint density at radius 2 is 1.11 bits per heavy atom. The van der Waals surface area contributed by atoms with Crippen molar-refractivity contribution in [2.75, 3.05) is 57.4 Å². The number of fused-ring (bicyclic) bond motifs is 2. The van der Waals surface area contributed by atoms with Crippen LogP contribution in [-0.4, -0.2) is 103 Å². The van der Waals surface area contributed by atoms with Crippen LogP contribution in [0.4, 0.5) is 0 Å². The van der Waals surface area contributed by atoms with Crippen LogP contribution in [0.2, 0.25) is 0 Å². The number of hydrogen-bond acceptors (Lipinski definition) is 13. The number of ether oxygens (including phenoxy) is 1. The second-order valence-electron chi connectivity index (χ2n) is 16.5. The molecule has 2 fully saturated rings. The number of carbonyl (C=O) groups is 2. The van der Waals surface area contributed by atoms with E-state index in [4.69, 9.17) is 4.74 Å². The summed E-state index contributed by atoms with van der Waals surface area (Å²) >= 11 is 7.30. The Kier molecular flexibility index (Phi) is 17.3. The van der Waals surface area contributed by atoms with Crippen molar-refractivity contribution < 1.29 is 19.4 Å². The molecule has 12 nitrogen and oxygen atoms in total. The van der Waals surface area contributed by atoms with E-state index in [2.05, 4.69) is 54.8 Å². The minimum absolute atomic E-state index is 0.0791. The van der Waals surface area contributed by atoms with Gasteiger partial charge >= 0.3 is 11.9 Å². The number of rotatable bonds is 19. The molecule has 2 saturated heterocycles. The quantitative estimate of drug-likeness (QED) is 0.0613. The molecule has 6 aromatic rings. The van der Waals surface area contributed by atoms with Crippen LogP contribution in [-0.2, 0) is 27.4 Å². The van der Waals surface area contributed by atoms with Crippen molar-refractivity contribution in [3.05, 3.63) is 117 Å². The summed E-state index contributed by atoms with van der Waals surface area (Å²) in [6, 6.07) is 23.7. The summed E-state index contributed by atoms with van der Waals surface area (Å²) in [4.78, 5) is 63.2. The molecule has 4 aromatic heterocycles. The summed E-state index contributed by atoms with van der Waals surface area (Å²) in [7, 11) is 0. The molecule has 64 heavy (non-hydrogen) atoms. The van der Waals surface area contributed by atoms with E-state index >= 15 is 0 Å². The van der Waals surface area contributed by atoms with E-state index in [1.54, 1.807) is 31.8 Å². The van der Waals surface area contributed by atoms with Gasteiger partial charge in [0.2, 0.25) is 0 Å². The van der Waals surface area contributed by atoms with Gasteiger partial charge < -0.3 is 28.8 Å². The molecule has 0 aliphatic carbocycles. The smallest absolute Gasteiger partial charge is 0.312 e. The lowest BCUT2D eigenvalue weighted by Crippen LogP contribution is -2.46. The van der Waals surface area contributed by atoms with E-state index in [1.165, 1.54) is 20.8 Å². The van der Waals surface area contributed by atoms with E-state index in [-0.39, 0.29) is 17.1 Å². The van der Waals surface area contributed by atoms with Crippen molar-refractivity contribution in [1.82, 2.24) is 28.9 Å². The van der Waals surface area contributed by atoms with Gasteiger partial charge in [0.05, 0.1) is 60.3 Å². The van der Waals surface area contributed by atoms with Gasteiger partial charge in [-0.3, -0.25) is 19.2 Å². The Morgan fingerprint density at radius 1 is 0.656 bits per heavy atom. The number of carbonyl (C=O) groups excluding carboxylic acids is 1. The zero-order valence-corrected chi connectivity index (χ0v) is 39.7. The maximum Gasteiger partial charge on any atom is 0.312 e. The Bertz CT molecular complexity index is 2530. The summed E-state index contributed by atoms with van der Waals surface area (Å²) in [5.74, 6) is 1.31. The van der Waals surface area contributed by atoms with Crippen molar-refractivity contribution in [3.8, 4) is 0 Å². The van der Waals surface area contributed by atoms with Crippen LogP contribution in [0.15, 0.2) is 114 Å². The van der Waals surface area contributed by atoms with Crippen LogP contribution < -0.4 is 11.1 Å². The minimum Gasteiger partial charge on any atom is -0.481 e. The van der Waals surface area contributed by atoms with Gasteiger partial charge in [-0.05, 0) is 132 Å². The number of piperidine rings is 2. The summed E-state index contributed by atoms with van der Waals surface area (Å²) in [5, 5.41) is 14.2. The summed E-state index contributed by atoms with van der Waals surface area (Å²) < 4.78 is 11.7. The first kappa shape index (κ1) is 47.6. The number of thiophene rings is 2. The number of nitrogens with zero attached hydrogens (tertiary/aromatic N) is 6. The van der Waals surface area contributed by atoms with Gasteiger partial charge in [-0.25, -0.2) is 9.97 Å². The first-order valence-electron chi connectivity index (χ1n) is 22.3. The standard InChI is InChI=1S/C25H31N3O3S2.C23H27N3O3S2/c1-2-31-24(30)25(11-14-27(15-12-25)16-18-33-23-9-5-17-32-23)10-6-13-28-21-8-4-3-7-20(21)26-19-22(28)29;27-20-17-24-18-5-1-2-6-19(18)26(20)11-4-8-23(22(28)29)9-12-25(13-10-23)14-16-31-21-7-3-15-30-21/h3-5,7-9,17,19H,2,6,10-16,18H2,1H3;1-3,5-7,15,17H,4,8-14,16H2,(H,28,29). The number of esters is 1. The highest BCUT2D eigenvalue weighted by molar-refractivity contribution is 8.01. The van der Waals surface area contributed by atoms with Gasteiger partial charge in [-0.15, -0.1) is 46.2 Å². The molecule has 0 spiro atoms. The molecule has 8 rings (SSSR count). The molecule has 16 heteroatoms. The molecule has 0 amide bonds. The number of benzene rings is 2. The molecule has 0 atom stereocenters. The van der Waals surface area contributed by atoms with Crippen LogP contribution in [0.3, 0.4) is 0 Å².